The number of allylic oxidation sites excluding steroid dienone is 1. The van der Waals surface area contributed by atoms with Gasteiger partial charge in [-0.3, -0.25) is 0 Å². The summed E-state index contributed by atoms with van der Waals surface area (Å²) in [6, 6.07) is 15.5. The van der Waals surface area contributed by atoms with E-state index in [0.29, 0.717) is 10.8 Å². The topological polar surface area (TPSA) is 80.3 Å². The van der Waals surface area contributed by atoms with Crippen molar-refractivity contribution in [2.24, 2.45) is 0 Å². The summed E-state index contributed by atoms with van der Waals surface area (Å²) < 4.78 is 36.3. The Morgan fingerprint density at radius 2 is 1.72 bits per heavy atom. The number of ether oxygens (including phenoxy) is 1. The van der Waals surface area contributed by atoms with Crippen molar-refractivity contribution in [2.45, 2.75) is 11.5 Å². The Morgan fingerprint density at radius 3 is 2.34 bits per heavy atom. The van der Waals surface area contributed by atoms with Gasteiger partial charge < -0.3 is 9.15 Å². The van der Waals surface area contributed by atoms with Gasteiger partial charge in [0, 0.05) is 11.1 Å². The highest BCUT2D eigenvalue weighted by Gasteiger charge is 2.21. The molecule has 0 bridgehead atoms. The Kier molecular flexibility index (Phi) is 6.56. The molecular weight excluding hydrogens is 457 g/mol. The van der Waals surface area contributed by atoms with E-state index in [2.05, 4.69) is 0 Å². The van der Waals surface area contributed by atoms with E-state index in [1.54, 1.807) is 30.3 Å². The maximum atomic E-state index is 12.6. The smallest absolute Gasteiger partial charge is 0.216 e. The van der Waals surface area contributed by atoms with Crippen LogP contribution in [0.15, 0.2) is 68.8 Å². The summed E-state index contributed by atoms with van der Waals surface area (Å²) in [5.74, 6) is 0.816. The van der Waals surface area contributed by atoms with E-state index in [9.17, 15) is 13.7 Å². The highest BCUT2D eigenvalue weighted by Crippen LogP contribution is 2.36. The molecule has 0 fully saturated rings. The first-order valence-corrected chi connectivity index (χ1v) is 10.7. The van der Waals surface area contributed by atoms with Crippen molar-refractivity contribution in [3.05, 3.63) is 86.1 Å². The van der Waals surface area contributed by atoms with Crippen LogP contribution in [0.1, 0.15) is 11.5 Å². The average molecular weight is 469 g/mol. The zero-order valence-electron chi connectivity index (χ0n) is 14.6. The lowest BCUT2D eigenvalue weighted by Crippen LogP contribution is -2.03. The molecule has 29 heavy (non-hydrogen) atoms. The fourth-order valence-electron chi connectivity index (χ4n) is 2.39. The molecule has 0 aliphatic heterocycles. The number of nitrogens with zero attached hydrogens (tertiary/aromatic N) is 1. The third-order valence-corrected chi connectivity index (χ3v) is 6.19. The van der Waals surface area contributed by atoms with Gasteiger partial charge in [-0.15, -0.1) is 0 Å². The summed E-state index contributed by atoms with van der Waals surface area (Å²) in [5.41, 5.74) is 0. The van der Waals surface area contributed by atoms with Crippen molar-refractivity contribution in [1.82, 2.24) is 0 Å². The van der Waals surface area contributed by atoms with Gasteiger partial charge in [-0.05, 0) is 36.4 Å². The van der Waals surface area contributed by atoms with Crippen LogP contribution in [-0.2, 0) is 16.4 Å². The quantitative estimate of drug-likeness (QED) is 0.405. The van der Waals surface area contributed by atoms with E-state index in [1.807, 2.05) is 0 Å². The molecule has 0 amide bonds. The number of halogens is 3. The molecule has 0 atom stereocenters. The molecule has 3 rings (SSSR count). The Labute approximate surface area is 182 Å². The fourth-order valence-corrected chi connectivity index (χ4v) is 4.47. The summed E-state index contributed by atoms with van der Waals surface area (Å²) in [6.45, 7) is -0.0117. The van der Waals surface area contributed by atoms with E-state index in [4.69, 9.17) is 44.0 Å². The normalized spacial score (nSPS) is 11.9. The fraction of sp³-hybridized carbons (Fsp3) is 0.0500. The van der Waals surface area contributed by atoms with Crippen LogP contribution in [0.4, 0.5) is 0 Å². The van der Waals surface area contributed by atoms with Crippen LogP contribution in [0.5, 0.6) is 5.75 Å². The van der Waals surface area contributed by atoms with Gasteiger partial charge in [0.2, 0.25) is 9.84 Å². The lowest BCUT2D eigenvalue weighted by Gasteiger charge is -2.09. The van der Waals surface area contributed by atoms with Crippen LogP contribution in [0.3, 0.4) is 0 Å². The van der Waals surface area contributed by atoms with Crippen molar-refractivity contribution in [1.29, 1.82) is 5.26 Å². The first kappa shape index (κ1) is 21.3. The predicted octanol–water partition coefficient (Wildman–Crippen LogP) is 6.16. The van der Waals surface area contributed by atoms with E-state index in [-0.39, 0.29) is 33.1 Å². The average Bonchev–Trinajstić information content (AvgIpc) is 3.13. The van der Waals surface area contributed by atoms with Crippen molar-refractivity contribution in [3.8, 4) is 11.8 Å². The molecule has 148 valence electrons. The van der Waals surface area contributed by atoms with Gasteiger partial charge in [0.1, 0.15) is 24.2 Å². The molecule has 0 N–H and O–H groups in total. The molecule has 1 heterocycles. The third kappa shape index (κ3) is 4.95. The Bertz CT molecular complexity index is 1190. The van der Waals surface area contributed by atoms with Crippen molar-refractivity contribution >= 4 is 50.7 Å². The first-order valence-electron chi connectivity index (χ1n) is 8.09. The number of hydrogen-bond acceptors (Lipinski definition) is 5. The van der Waals surface area contributed by atoms with Crippen LogP contribution >= 0.6 is 34.8 Å². The summed E-state index contributed by atoms with van der Waals surface area (Å²) in [7, 11) is -3.95. The predicted molar refractivity (Wildman–Crippen MR) is 112 cm³/mol. The first-order chi connectivity index (χ1) is 13.8. The molecule has 0 aliphatic carbocycles. The van der Waals surface area contributed by atoms with Crippen molar-refractivity contribution < 1.29 is 17.6 Å². The minimum atomic E-state index is -3.95. The number of furan rings is 1. The monoisotopic (exact) mass is 467 g/mol. The van der Waals surface area contributed by atoms with Gasteiger partial charge >= 0.3 is 0 Å². The van der Waals surface area contributed by atoms with E-state index in [1.165, 1.54) is 30.3 Å². The highest BCUT2D eigenvalue weighted by molar-refractivity contribution is 7.95. The molecule has 1 aromatic heterocycles. The SMILES string of the molecule is N#CC(=Cc1ccc(COc2c(Cl)cc(Cl)cc2Cl)o1)S(=O)(=O)c1ccccc1. The van der Waals surface area contributed by atoms with Crippen LogP contribution < -0.4 is 4.74 Å². The van der Waals surface area contributed by atoms with Crippen molar-refractivity contribution in [2.75, 3.05) is 0 Å². The third-order valence-electron chi connectivity index (χ3n) is 3.73. The number of hydrogen-bond donors (Lipinski definition) is 0. The maximum absolute atomic E-state index is 12.6. The van der Waals surface area contributed by atoms with Gasteiger partial charge in [0.05, 0.1) is 14.9 Å². The van der Waals surface area contributed by atoms with Crippen LogP contribution in [0.2, 0.25) is 15.1 Å². The molecule has 0 radical (unpaired) electrons. The molecule has 0 saturated heterocycles. The van der Waals surface area contributed by atoms with Gasteiger partial charge in [0.25, 0.3) is 0 Å². The molecule has 9 heteroatoms. The molecule has 0 spiro atoms. The number of nitriles is 1. The maximum Gasteiger partial charge on any atom is 0.216 e. The molecule has 3 aromatic rings. The number of benzene rings is 2. The minimum Gasteiger partial charge on any atom is -0.483 e. The van der Waals surface area contributed by atoms with Gasteiger partial charge in [-0.1, -0.05) is 53.0 Å². The number of rotatable bonds is 6. The van der Waals surface area contributed by atoms with Gasteiger partial charge in [-0.2, -0.15) is 5.26 Å². The van der Waals surface area contributed by atoms with E-state index < -0.39 is 14.7 Å². The van der Waals surface area contributed by atoms with Gasteiger partial charge in [-0.25, -0.2) is 8.42 Å². The molecule has 0 saturated carbocycles. The zero-order chi connectivity index (χ0) is 21.0. The summed E-state index contributed by atoms with van der Waals surface area (Å²) >= 11 is 18.0. The Balaban J connectivity index is 1.80. The molecular formula is C20H12Cl3NO4S. The Morgan fingerprint density at radius 1 is 1.07 bits per heavy atom. The van der Waals surface area contributed by atoms with Crippen LogP contribution in [0, 0.1) is 11.3 Å². The molecule has 5 nitrogen and oxygen atoms in total. The largest absolute Gasteiger partial charge is 0.483 e. The summed E-state index contributed by atoms with van der Waals surface area (Å²) in [5, 5.41) is 10.2. The standard InChI is InChI=1S/C20H12Cl3NO4S/c21-13-8-18(22)20(19(23)9-13)27-12-15-7-6-14(28-15)10-17(11-24)29(25,26)16-4-2-1-3-5-16/h1-10H,12H2. The lowest BCUT2D eigenvalue weighted by atomic mass is 10.3. The number of sulfone groups is 1. The second-order valence-corrected chi connectivity index (χ2v) is 8.90. The van der Waals surface area contributed by atoms with E-state index >= 15 is 0 Å². The lowest BCUT2D eigenvalue weighted by molar-refractivity contribution is 0.270. The molecule has 2 aromatic carbocycles. The van der Waals surface area contributed by atoms with Gasteiger partial charge in [0.15, 0.2) is 10.7 Å². The zero-order valence-corrected chi connectivity index (χ0v) is 17.7. The van der Waals surface area contributed by atoms with Crippen LogP contribution in [-0.4, -0.2) is 8.42 Å². The second-order valence-electron chi connectivity index (χ2n) is 5.73. The van der Waals surface area contributed by atoms with Crippen molar-refractivity contribution in [3.63, 3.8) is 0 Å². The minimum absolute atomic E-state index is 0.0117. The molecule has 0 aliphatic rings. The van der Waals surface area contributed by atoms with E-state index in [0.717, 1.165) is 6.08 Å². The summed E-state index contributed by atoms with van der Waals surface area (Å²) in [4.78, 5) is -0.413. The second kappa shape index (κ2) is 8.93. The summed E-state index contributed by atoms with van der Waals surface area (Å²) in [6.07, 6.45) is 1.16. The Hall–Kier alpha value is -2.43. The highest BCUT2D eigenvalue weighted by atomic mass is 35.5. The van der Waals surface area contributed by atoms with Crippen LogP contribution in [0.25, 0.3) is 6.08 Å². The molecule has 0 unspecified atom stereocenters.